The summed E-state index contributed by atoms with van der Waals surface area (Å²) in [6, 6.07) is 9.26. The molecule has 0 radical (unpaired) electrons. The van der Waals surface area contributed by atoms with E-state index in [4.69, 9.17) is 13.6 Å². The molecule has 1 amide bonds. The molecule has 7 nitrogen and oxygen atoms in total. The summed E-state index contributed by atoms with van der Waals surface area (Å²) in [5, 5.41) is 2.68. The average Bonchev–Trinajstić information content (AvgIpc) is 3.59. The second-order valence-corrected chi connectivity index (χ2v) is 8.84. The van der Waals surface area contributed by atoms with Gasteiger partial charge in [0.2, 0.25) is 17.7 Å². The number of halogens is 6. The standard InChI is InChI=1S/C29H23F6N3O4/c30-28(31,32)21-7-1-19(2-8-21)5-11-26-37-23(17-41-26)15-25(39)36-13-14-40-16-24-18-42-27(38-24)12-6-20-3-9-22(10-4-20)29(33,34)35/h1-12,17-18H,13-16H2,(H,36,39)/b11-5+,12-6+. The van der Waals surface area contributed by atoms with Gasteiger partial charge in [-0.05, 0) is 47.5 Å². The Morgan fingerprint density at radius 1 is 0.738 bits per heavy atom. The molecule has 2 aromatic carbocycles. The minimum Gasteiger partial charge on any atom is -0.445 e. The summed E-state index contributed by atoms with van der Waals surface area (Å²) in [4.78, 5) is 20.5. The first-order valence-electron chi connectivity index (χ1n) is 12.4. The third-order valence-corrected chi connectivity index (χ3v) is 5.61. The topological polar surface area (TPSA) is 90.4 Å². The van der Waals surface area contributed by atoms with Gasteiger partial charge >= 0.3 is 12.4 Å². The third-order valence-electron chi connectivity index (χ3n) is 5.61. The predicted octanol–water partition coefficient (Wildman–Crippen LogP) is 6.92. The monoisotopic (exact) mass is 591 g/mol. The molecule has 0 fully saturated rings. The molecule has 4 rings (SSSR count). The van der Waals surface area contributed by atoms with E-state index in [0.717, 1.165) is 24.3 Å². The molecule has 2 aromatic heterocycles. The number of aromatic nitrogens is 2. The summed E-state index contributed by atoms with van der Waals surface area (Å²) in [6.07, 6.45) is -0.0292. The summed E-state index contributed by atoms with van der Waals surface area (Å²) in [7, 11) is 0. The van der Waals surface area contributed by atoms with Crippen molar-refractivity contribution in [3.8, 4) is 0 Å². The minimum absolute atomic E-state index is 0.0461. The lowest BCUT2D eigenvalue weighted by Crippen LogP contribution is -2.28. The van der Waals surface area contributed by atoms with Crippen LogP contribution in [0.1, 0.15) is 45.4 Å². The first-order valence-corrected chi connectivity index (χ1v) is 12.4. The lowest BCUT2D eigenvalue weighted by Gasteiger charge is -2.05. The van der Waals surface area contributed by atoms with Gasteiger partial charge in [-0.1, -0.05) is 24.3 Å². The smallest absolute Gasteiger partial charge is 0.416 e. The van der Waals surface area contributed by atoms with Crippen LogP contribution in [0.3, 0.4) is 0 Å². The Balaban J connectivity index is 1.14. The fourth-order valence-corrected chi connectivity index (χ4v) is 3.51. The SMILES string of the molecule is O=C(Cc1coc(/C=C/c2ccc(C(F)(F)F)cc2)n1)NCCOCc1coc(/C=C/c2ccc(C(F)(F)F)cc2)n1. The number of carbonyl (C=O) groups excluding carboxylic acids is 1. The Hall–Kier alpha value is -4.65. The van der Waals surface area contributed by atoms with Gasteiger partial charge in [0.15, 0.2) is 0 Å². The number of benzene rings is 2. The van der Waals surface area contributed by atoms with Crippen LogP contribution in [0.2, 0.25) is 0 Å². The van der Waals surface area contributed by atoms with Gasteiger partial charge in [0.1, 0.15) is 18.2 Å². The van der Waals surface area contributed by atoms with Crippen molar-refractivity contribution >= 4 is 30.2 Å². The molecule has 0 saturated heterocycles. The Labute approximate surface area is 235 Å². The molecule has 2 heterocycles. The van der Waals surface area contributed by atoms with Gasteiger partial charge in [0.05, 0.1) is 36.5 Å². The molecule has 0 aliphatic rings. The van der Waals surface area contributed by atoms with Gasteiger partial charge in [-0.3, -0.25) is 4.79 Å². The first kappa shape index (κ1) is 30.3. The Bertz CT molecular complexity index is 1520. The fraction of sp³-hybridized carbons (Fsp3) is 0.207. The number of hydrogen-bond acceptors (Lipinski definition) is 6. The third kappa shape index (κ3) is 9.20. The lowest BCUT2D eigenvalue weighted by atomic mass is 10.1. The van der Waals surface area contributed by atoms with E-state index in [-0.39, 0.29) is 43.9 Å². The van der Waals surface area contributed by atoms with E-state index in [9.17, 15) is 31.1 Å². The van der Waals surface area contributed by atoms with E-state index < -0.39 is 23.5 Å². The molecule has 0 bridgehead atoms. The number of nitrogens with one attached hydrogen (secondary N) is 1. The van der Waals surface area contributed by atoms with Crippen molar-refractivity contribution in [2.45, 2.75) is 25.4 Å². The Morgan fingerprint density at radius 2 is 1.21 bits per heavy atom. The van der Waals surface area contributed by atoms with Gasteiger partial charge in [0.25, 0.3) is 0 Å². The van der Waals surface area contributed by atoms with Crippen molar-refractivity contribution < 1.29 is 44.7 Å². The minimum atomic E-state index is -4.41. The maximum atomic E-state index is 12.7. The largest absolute Gasteiger partial charge is 0.445 e. The van der Waals surface area contributed by atoms with Crippen LogP contribution in [0.4, 0.5) is 26.3 Å². The summed E-state index contributed by atoms with van der Waals surface area (Å²) in [5.41, 5.74) is 0.464. The van der Waals surface area contributed by atoms with E-state index in [2.05, 4.69) is 15.3 Å². The van der Waals surface area contributed by atoms with Gasteiger partial charge in [-0.15, -0.1) is 0 Å². The highest BCUT2D eigenvalue weighted by molar-refractivity contribution is 5.78. The van der Waals surface area contributed by atoms with Gasteiger partial charge in [-0.2, -0.15) is 26.3 Å². The van der Waals surface area contributed by atoms with Crippen LogP contribution >= 0.6 is 0 Å². The normalized spacial score (nSPS) is 12.4. The zero-order valence-electron chi connectivity index (χ0n) is 21.7. The molecule has 0 unspecified atom stereocenters. The van der Waals surface area contributed by atoms with Gasteiger partial charge in [0, 0.05) is 18.7 Å². The van der Waals surface area contributed by atoms with Crippen molar-refractivity contribution in [3.05, 3.63) is 106 Å². The van der Waals surface area contributed by atoms with Gasteiger partial charge < -0.3 is 18.9 Å². The number of nitrogens with zero attached hydrogens (tertiary/aromatic N) is 2. The molecule has 0 saturated carbocycles. The number of hydrogen-bond donors (Lipinski definition) is 1. The predicted molar refractivity (Wildman–Crippen MR) is 140 cm³/mol. The quantitative estimate of drug-likeness (QED) is 0.151. The van der Waals surface area contributed by atoms with E-state index >= 15 is 0 Å². The van der Waals surface area contributed by atoms with Gasteiger partial charge in [-0.25, -0.2) is 9.97 Å². The maximum Gasteiger partial charge on any atom is 0.416 e. The van der Waals surface area contributed by atoms with Crippen molar-refractivity contribution in [2.75, 3.05) is 13.2 Å². The number of ether oxygens (including phenoxy) is 1. The lowest BCUT2D eigenvalue weighted by molar-refractivity contribution is -0.138. The number of carbonyl (C=O) groups is 1. The number of amides is 1. The summed E-state index contributed by atoms with van der Waals surface area (Å²) in [6.45, 7) is 0.524. The van der Waals surface area contributed by atoms with Crippen LogP contribution in [0, 0.1) is 0 Å². The van der Waals surface area contributed by atoms with Crippen LogP contribution in [0.5, 0.6) is 0 Å². The molecule has 0 aliphatic heterocycles. The summed E-state index contributed by atoms with van der Waals surface area (Å²) >= 11 is 0. The zero-order chi connectivity index (χ0) is 30.2. The highest BCUT2D eigenvalue weighted by Gasteiger charge is 2.30. The molecule has 13 heteroatoms. The number of rotatable bonds is 11. The van der Waals surface area contributed by atoms with Crippen molar-refractivity contribution in [2.24, 2.45) is 0 Å². The van der Waals surface area contributed by atoms with Crippen LogP contribution in [-0.4, -0.2) is 29.0 Å². The highest BCUT2D eigenvalue weighted by Crippen LogP contribution is 2.30. The summed E-state index contributed by atoms with van der Waals surface area (Å²) in [5.74, 6) is 0.132. The van der Waals surface area contributed by atoms with E-state index in [0.29, 0.717) is 22.5 Å². The van der Waals surface area contributed by atoms with Crippen LogP contribution in [0.15, 0.2) is 69.9 Å². The maximum absolute atomic E-state index is 12.7. The Kier molecular flexibility index (Phi) is 9.63. The number of oxazole rings is 2. The number of alkyl halides is 6. The molecule has 0 spiro atoms. The molecule has 42 heavy (non-hydrogen) atoms. The molecule has 220 valence electrons. The van der Waals surface area contributed by atoms with Crippen LogP contribution < -0.4 is 5.32 Å². The van der Waals surface area contributed by atoms with Crippen LogP contribution in [-0.2, 0) is 34.9 Å². The fourth-order valence-electron chi connectivity index (χ4n) is 3.51. The first-order chi connectivity index (χ1) is 20.0. The molecular formula is C29H23F6N3O4. The van der Waals surface area contributed by atoms with Crippen molar-refractivity contribution in [1.29, 1.82) is 0 Å². The van der Waals surface area contributed by atoms with Crippen molar-refractivity contribution in [1.82, 2.24) is 15.3 Å². The highest BCUT2D eigenvalue weighted by atomic mass is 19.4. The van der Waals surface area contributed by atoms with E-state index in [1.807, 2.05) is 0 Å². The second kappa shape index (κ2) is 13.3. The molecule has 4 aromatic rings. The Morgan fingerprint density at radius 3 is 1.71 bits per heavy atom. The molecule has 1 N–H and O–H groups in total. The van der Waals surface area contributed by atoms with Crippen molar-refractivity contribution in [3.63, 3.8) is 0 Å². The molecular weight excluding hydrogens is 568 g/mol. The van der Waals surface area contributed by atoms with Crippen LogP contribution in [0.25, 0.3) is 24.3 Å². The molecule has 0 atom stereocenters. The molecule has 0 aliphatic carbocycles. The zero-order valence-corrected chi connectivity index (χ0v) is 21.7. The summed E-state index contributed by atoms with van der Waals surface area (Å²) < 4.78 is 91.9. The average molecular weight is 592 g/mol. The van der Waals surface area contributed by atoms with E-state index in [1.54, 1.807) is 12.2 Å². The van der Waals surface area contributed by atoms with E-state index in [1.165, 1.54) is 48.9 Å². The second-order valence-electron chi connectivity index (χ2n) is 8.84.